The summed E-state index contributed by atoms with van der Waals surface area (Å²) < 4.78 is 10.4. The van der Waals surface area contributed by atoms with Crippen LogP contribution in [0.3, 0.4) is 0 Å². The third kappa shape index (κ3) is 4.62. The Bertz CT molecular complexity index is 636. The molecule has 0 aliphatic carbocycles. The van der Waals surface area contributed by atoms with Gasteiger partial charge in [-0.05, 0) is 32.0 Å². The Morgan fingerprint density at radius 1 is 1.33 bits per heavy atom. The highest BCUT2D eigenvalue weighted by Crippen LogP contribution is 2.32. The lowest BCUT2D eigenvalue weighted by molar-refractivity contribution is -0.131. The minimum Gasteiger partial charge on any atom is -0.467 e. The van der Waals surface area contributed by atoms with Crippen molar-refractivity contribution in [1.82, 2.24) is 20.0 Å². The SMILES string of the molecule is COCCN1CC[C@@]2(CCC1=O)CN(C(=O)NCc1ccco1)CCN2C. The minimum atomic E-state index is -0.155. The maximum atomic E-state index is 12.6. The molecule has 8 nitrogen and oxygen atoms in total. The van der Waals surface area contributed by atoms with Crippen LogP contribution in [-0.4, -0.2) is 85.7 Å². The topological polar surface area (TPSA) is 78.3 Å². The second kappa shape index (κ2) is 8.75. The van der Waals surface area contributed by atoms with Gasteiger partial charge >= 0.3 is 6.03 Å². The number of likely N-dealkylation sites (N-methyl/N-ethyl adjacent to an activating group) is 1. The van der Waals surface area contributed by atoms with Gasteiger partial charge in [0.25, 0.3) is 0 Å². The fraction of sp³-hybridized carbons (Fsp3) is 0.684. The van der Waals surface area contributed by atoms with Gasteiger partial charge in [-0.2, -0.15) is 0 Å². The van der Waals surface area contributed by atoms with E-state index in [2.05, 4.69) is 17.3 Å². The zero-order chi connectivity index (χ0) is 19.3. The molecule has 0 bridgehead atoms. The molecule has 150 valence electrons. The third-order valence-electron chi connectivity index (χ3n) is 5.85. The third-order valence-corrected chi connectivity index (χ3v) is 5.85. The number of nitrogens with zero attached hydrogens (tertiary/aromatic N) is 3. The van der Waals surface area contributed by atoms with E-state index in [0.717, 1.165) is 25.1 Å². The van der Waals surface area contributed by atoms with Crippen molar-refractivity contribution in [3.8, 4) is 0 Å². The number of ether oxygens (including phenoxy) is 1. The Kier molecular flexibility index (Phi) is 6.38. The van der Waals surface area contributed by atoms with E-state index in [1.165, 1.54) is 0 Å². The van der Waals surface area contributed by atoms with Gasteiger partial charge in [-0.25, -0.2) is 4.79 Å². The fourth-order valence-corrected chi connectivity index (χ4v) is 3.99. The summed E-state index contributed by atoms with van der Waals surface area (Å²) in [5.41, 5.74) is -0.155. The smallest absolute Gasteiger partial charge is 0.317 e. The van der Waals surface area contributed by atoms with Gasteiger partial charge in [0.15, 0.2) is 0 Å². The largest absolute Gasteiger partial charge is 0.467 e. The van der Waals surface area contributed by atoms with E-state index in [0.29, 0.717) is 45.8 Å². The van der Waals surface area contributed by atoms with Crippen LogP contribution < -0.4 is 5.32 Å². The maximum Gasteiger partial charge on any atom is 0.317 e. The lowest BCUT2D eigenvalue weighted by atomic mass is 9.86. The van der Waals surface area contributed by atoms with Gasteiger partial charge < -0.3 is 24.3 Å². The van der Waals surface area contributed by atoms with Crippen molar-refractivity contribution < 1.29 is 18.7 Å². The van der Waals surface area contributed by atoms with Crippen molar-refractivity contribution in [3.05, 3.63) is 24.2 Å². The van der Waals surface area contributed by atoms with Gasteiger partial charge in [0.2, 0.25) is 5.91 Å². The van der Waals surface area contributed by atoms with Crippen LogP contribution >= 0.6 is 0 Å². The van der Waals surface area contributed by atoms with Crippen LogP contribution in [-0.2, 0) is 16.1 Å². The van der Waals surface area contributed by atoms with Crippen molar-refractivity contribution in [3.63, 3.8) is 0 Å². The average molecular weight is 378 g/mol. The molecule has 8 heteroatoms. The quantitative estimate of drug-likeness (QED) is 0.831. The first-order valence-electron chi connectivity index (χ1n) is 9.57. The number of amides is 3. The predicted molar refractivity (Wildman–Crippen MR) is 100 cm³/mol. The fourth-order valence-electron chi connectivity index (χ4n) is 3.99. The van der Waals surface area contributed by atoms with Crippen molar-refractivity contribution in [2.75, 3.05) is 53.5 Å². The molecule has 0 radical (unpaired) electrons. The van der Waals surface area contributed by atoms with Crippen LogP contribution in [0.4, 0.5) is 4.79 Å². The Morgan fingerprint density at radius 2 is 2.19 bits per heavy atom. The molecule has 2 aliphatic rings. The Balaban J connectivity index is 1.61. The molecule has 3 heterocycles. The van der Waals surface area contributed by atoms with E-state index < -0.39 is 0 Å². The van der Waals surface area contributed by atoms with Gasteiger partial charge in [-0.1, -0.05) is 0 Å². The van der Waals surface area contributed by atoms with Crippen molar-refractivity contribution in [2.45, 2.75) is 31.3 Å². The normalized spacial score (nSPS) is 24.3. The highest BCUT2D eigenvalue weighted by atomic mass is 16.5. The number of likely N-dealkylation sites (tertiary alicyclic amines) is 1. The van der Waals surface area contributed by atoms with Crippen molar-refractivity contribution in [1.29, 1.82) is 0 Å². The highest BCUT2D eigenvalue weighted by Gasteiger charge is 2.43. The zero-order valence-corrected chi connectivity index (χ0v) is 16.3. The molecule has 0 unspecified atom stereocenters. The second-order valence-electron chi connectivity index (χ2n) is 7.43. The molecular formula is C19H30N4O4. The molecule has 3 rings (SSSR count). The monoisotopic (exact) mass is 378 g/mol. The van der Waals surface area contributed by atoms with Crippen LogP contribution in [0.1, 0.15) is 25.0 Å². The molecule has 0 aromatic carbocycles. The molecule has 1 atom stereocenters. The number of methoxy groups -OCH3 is 1. The summed E-state index contributed by atoms with van der Waals surface area (Å²) in [5.74, 6) is 0.915. The molecule has 2 saturated heterocycles. The lowest BCUT2D eigenvalue weighted by Gasteiger charge is -2.49. The molecule has 3 amide bonds. The molecule has 1 N–H and O–H groups in total. The lowest BCUT2D eigenvalue weighted by Crippen LogP contribution is -2.63. The summed E-state index contributed by atoms with van der Waals surface area (Å²) in [4.78, 5) is 31.2. The number of carbonyl (C=O) groups is 2. The molecule has 2 fully saturated rings. The summed E-state index contributed by atoms with van der Waals surface area (Å²) in [6, 6.07) is 3.58. The van der Waals surface area contributed by atoms with Crippen molar-refractivity contribution in [2.24, 2.45) is 0 Å². The predicted octanol–water partition coefficient (Wildman–Crippen LogP) is 1.13. The maximum absolute atomic E-state index is 12.6. The molecule has 2 aliphatic heterocycles. The summed E-state index contributed by atoms with van der Waals surface area (Å²) >= 11 is 0. The van der Waals surface area contributed by atoms with Crippen LogP contribution in [0.25, 0.3) is 0 Å². The van der Waals surface area contributed by atoms with Crippen LogP contribution in [0.5, 0.6) is 0 Å². The number of nitrogens with one attached hydrogen (secondary N) is 1. The Labute approximate surface area is 160 Å². The molecule has 1 spiro atoms. The summed E-state index contributed by atoms with van der Waals surface area (Å²) in [7, 11) is 3.76. The molecule has 27 heavy (non-hydrogen) atoms. The van der Waals surface area contributed by atoms with Gasteiger partial charge in [-0.3, -0.25) is 9.69 Å². The van der Waals surface area contributed by atoms with Gasteiger partial charge in [0, 0.05) is 51.8 Å². The van der Waals surface area contributed by atoms with E-state index in [1.807, 2.05) is 21.9 Å². The highest BCUT2D eigenvalue weighted by molar-refractivity contribution is 5.77. The number of carbonyl (C=O) groups excluding carboxylic acids is 2. The molecule has 0 saturated carbocycles. The minimum absolute atomic E-state index is 0.0781. The second-order valence-corrected chi connectivity index (χ2v) is 7.43. The van der Waals surface area contributed by atoms with E-state index in [9.17, 15) is 9.59 Å². The first kappa shape index (κ1) is 19.7. The summed E-state index contributed by atoms with van der Waals surface area (Å²) in [6.07, 6.45) is 3.74. The van der Waals surface area contributed by atoms with E-state index in [-0.39, 0.29) is 17.5 Å². The van der Waals surface area contributed by atoms with E-state index in [1.54, 1.807) is 13.4 Å². The van der Waals surface area contributed by atoms with Gasteiger partial charge in [0.05, 0.1) is 19.4 Å². The van der Waals surface area contributed by atoms with E-state index in [4.69, 9.17) is 9.15 Å². The number of piperazine rings is 1. The average Bonchev–Trinajstić information content (AvgIpc) is 3.14. The number of hydrogen-bond donors (Lipinski definition) is 1. The molecule has 1 aromatic rings. The molecule has 1 aromatic heterocycles. The van der Waals surface area contributed by atoms with Crippen LogP contribution in [0, 0.1) is 0 Å². The number of rotatable bonds is 5. The first-order valence-corrected chi connectivity index (χ1v) is 9.57. The molecular weight excluding hydrogens is 348 g/mol. The van der Waals surface area contributed by atoms with Crippen LogP contribution in [0.2, 0.25) is 0 Å². The van der Waals surface area contributed by atoms with E-state index >= 15 is 0 Å². The number of urea groups is 1. The zero-order valence-electron chi connectivity index (χ0n) is 16.3. The summed E-state index contributed by atoms with van der Waals surface area (Å²) in [6.45, 7) is 4.39. The van der Waals surface area contributed by atoms with Gasteiger partial charge in [0.1, 0.15) is 5.76 Å². The number of furan rings is 1. The number of hydrogen-bond acceptors (Lipinski definition) is 5. The Morgan fingerprint density at radius 3 is 2.93 bits per heavy atom. The van der Waals surface area contributed by atoms with Crippen LogP contribution in [0.15, 0.2) is 22.8 Å². The standard InChI is InChI=1S/C19H30N4O4/c1-21-9-10-23(18(25)20-14-16-4-3-12-27-16)15-19(21)6-5-17(24)22(8-7-19)11-13-26-2/h3-4,12H,5-11,13-15H2,1-2H3,(H,20,25)/t19-/m0/s1. The Hall–Kier alpha value is -2.06. The van der Waals surface area contributed by atoms with Gasteiger partial charge in [-0.15, -0.1) is 0 Å². The van der Waals surface area contributed by atoms with Crippen molar-refractivity contribution >= 4 is 11.9 Å². The first-order chi connectivity index (χ1) is 13.0. The summed E-state index contributed by atoms with van der Waals surface area (Å²) in [5, 5.41) is 2.93.